The van der Waals surface area contributed by atoms with Gasteiger partial charge in [0.1, 0.15) is 18.1 Å². The van der Waals surface area contributed by atoms with Crippen LogP contribution >= 0.6 is 0 Å². The molecule has 0 radical (unpaired) electrons. The summed E-state index contributed by atoms with van der Waals surface area (Å²) in [4.78, 5) is 0. The number of aliphatic hydroxyl groups excluding tert-OH is 1. The Morgan fingerprint density at radius 2 is 1.65 bits per heavy atom. The highest BCUT2D eigenvalue weighted by atomic mass is 32.2. The van der Waals surface area contributed by atoms with E-state index in [9.17, 15) is 18.6 Å². The molecule has 8 heteroatoms. The van der Waals surface area contributed by atoms with Gasteiger partial charge in [-0.25, -0.2) is 8.42 Å². The monoisotopic (exact) mass is 442 g/mol. The van der Waals surface area contributed by atoms with E-state index >= 15 is 0 Å². The van der Waals surface area contributed by atoms with Gasteiger partial charge in [-0.1, -0.05) is 48.5 Å². The van der Waals surface area contributed by atoms with Crippen LogP contribution in [-0.4, -0.2) is 44.6 Å². The van der Waals surface area contributed by atoms with Crippen molar-refractivity contribution in [3.05, 3.63) is 78.4 Å². The zero-order valence-corrected chi connectivity index (χ0v) is 18.0. The van der Waals surface area contributed by atoms with Crippen molar-refractivity contribution in [1.29, 1.82) is 0 Å². The van der Waals surface area contributed by atoms with Crippen molar-refractivity contribution in [3.63, 3.8) is 0 Å². The Morgan fingerprint density at radius 1 is 0.968 bits per heavy atom. The third-order valence-electron chi connectivity index (χ3n) is 4.55. The molecule has 3 aromatic carbocycles. The fourth-order valence-electron chi connectivity index (χ4n) is 3.01. The predicted octanol–water partition coefficient (Wildman–Crippen LogP) is 3.13. The van der Waals surface area contributed by atoms with Crippen molar-refractivity contribution in [2.24, 2.45) is 0 Å². The van der Waals surface area contributed by atoms with Gasteiger partial charge in [-0.15, -0.1) is 0 Å². The SMILES string of the molecule is CS(=O)(=O)Nc1cc([C@@H](O)CNCCOc2ccc(-c3ccccc3)cc2)ccc1O. The molecule has 0 aliphatic heterocycles. The number of anilines is 1. The maximum atomic E-state index is 11.4. The van der Waals surface area contributed by atoms with Crippen LogP contribution in [-0.2, 0) is 10.0 Å². The lowest BCUT2D eigenvalue weighted by Gasteiger charge is -2.15. The van der Waals surface area contributed by atoms with Gasteiger partial charge >= 0.3 is 0 Å². The first-order valence-electron chi connectivity index (χ1n) is 9.79. The highest BCUT2D eigenvalue weighted by molar-refractivity contribution is 7.92. The van der Waals surface area contributed by atoms with Crippen LogP contribution in [0.5, 0.6) is 11.5 Å². The molecule has 164 valence electrons. The molecule has 4 N–H and O–H groups in total. The standard InChI is InChI=1S/C23H26N2O5S/c1-31(28,29)25-21-15-19(9-12-22(21)26)23(27)16-24-13-14-30-20-10-7-18(8-11-20)17-5-3-2-4-6-17/h2-12,15,23-27H,13-14,16H2,1H3/t23-/m0/s1. The van der Waals surface area contributed by atoms with E-state index in [4.69, 9.17) is 4.74 Å². The number of aliphatic hydroxyl groups is 1. The normalized spacial score (nSPS) is 12.3. The number of phenolic OH excluding ortho intramolecular Hbond substituents is 1. The number of hydrogen-bond donors (Lipinski definition) is 4. The average molecular weight is 443 g/mol. The van der Waals surface area contributed by atoms with E-state index in [1.54, 1.807) is 6.07 Å². The Kier molecular flexibility index (Phi) is 7.51. The maximum absolute atomic E-state index is 11.4. The molecule has 0 saturated heterocycles. The van der Waals surface area contributed by atoms with E-state index in [1.165, 1.54) is 12.1 Å². The van der Waals surface area contributed by atoms with Gasteiger partial charge in [-0.3, -0.25) is 4.72 Å². The Morgan fingerprint density at radius 3 is 2.32 bits per heavy atom. The molecular weight excluding hydrogens is 416 g/mol. The third kappa shape index (κ3) is 6.99. The van der Waals surface area contributed by atoms with Gasteiger partial charge in [0.15, 0.2) is 0 Å². The van der Waals surface area contributed by atoms with Crippen molar-refractivity contribution in [2.45, 2.75) is 6.10 Å². The second-order valence-electron chi connectivity index (χ2n) is 7.11. The summed E-state index contributed by atoms with van der Waals surface area (Å²) < 4.78 is 30.7. The summed E-state index contributed by atoms with van der Waals surface area (Å²) in [5, 5.41) is 23.2. The van der Waals surface area contributed by atoms with Gasteiger partial charge in [-0.2, -0.15) is 0 Å². The third-order valence-corrected chi connectivity index (χ3v) is 5.14. The zero-order chi connectivity index (χ0) is 22.3. The van der Waals surface area contributed by atoms with Crippen LogP contribution < -0.4 is 14.8 Å². The molecule has 1 atom stereocenters. The highest BCUT2D eigenvalue weighted by Crippen LogP contribution is 2.27. The van der Waals surface area contributed by atoms with Crippen molar-refractivity contribution in [3.8, 4) is 22.6 Å². The molecule has 0 fully saturated rings. The predicted molar refractivity (Wildman–Crippen MR) is 122 cm³/mol. The van der Waals surface area contributed by atoms with E-state index in [0.29, 0.717) is 18.7 Å². The lowest BCUT2D eigenvalue weighted by atomic mass is 10.1. The fraction of sp³-hybridized carbons (Fsp3) is 0.217. The lowest BCUT2D eigenvalue weighted by Crippen LogP contribution is -2.26. The first-order chi connectivity index (χ1) is 14.8. The molecule has 3 rings (SSSR count). The summed E-state index contributed by atoms with van der Waals surface area (Å²) in [5.41, 5.74) is 2.77. The highest BCUT2D eigenvalue weighted by Gasteiger charge is 2.12. The number of phenols is 1. The number of nitrogens with one attached hydrogen (secondary N) is 2. The minimum atomic E-state index is -3.54. The van der Waals surface area contributed by atoms with E-state index in [1.807, 2.05) is 42.5 Å². The van der Waals surface area contributed by atoms with Crippen molar-refractivity contribution >= 4 is 15.7 Å². The van der Waals surface area contributed by atoms with Gasteiger partial charge in [-0.05, 0) is 41.0 Å². The smallest absolute Gasteiger partial charge is 0.229 e. The van der Waals surface area contributed by atoms with Crippen LogP contribution in [0.2, 0.25) is 0 Å². The molecule has 3 aromatic rings. The molecule has 7 nitrogen and oxygen atoms in total. The molecule has 0 aliphatic rings. The molecule has 0 heterocycles. The Balaban J connectivity index is 1.44. The number of benzene rings is 3. The van der Waals surface area contributed by atoms with E-state index in [-0.39, 0.29) is 18.0 Å². The summed E-state index contributed by atoms with van der Waals surface area (Å²) in [7, 11) is -3.54. The molecule has 0 unspecified atom stereocenters. The second-order valence-corrected chi connectivity index (χ2v) is 8.86. The quantitative estimate of drug-likeness (QED) is 0.284. The van der Waals surface area contributed by atoms with Crippen LogP contribution in [0, 0.1) is 0 Å². The van der Waals surface area contributed by atoms with Crippen LogP contribution in [0.4, 0.5) is 5.69 Å². The van der Waals surface area contributed by atoms with Gasteiger partial charge < -0.3 is 20.3 Å². The molecule has 0 spiro atoms. The van der Waals surface area contributed by atoms with Crippen molar-refractivity contribution in [1.82, 2.24) is 5.32 Å². The van der Waals surface area contributed by atoms with E-state index in [0.717, 1.165) is 23.1 Å². The maximum Gasteiger partial charge on any atom is 0.229 e. The van der Waals surface area contributed by atoms with Crippen molar-refractivity contribution in [2.75, 3.05) is 30.7 Å². The Labute approximate surface area is 182 Å². The average Bonchev–Trinajstić information content (AvgIpc) is 2.75. The summed E-state index contributed by atoms with van der Waals surface area (Å²) in [6.45, 7) is 1.19. The number of aromatic hydroxyl groups is 1. The largest absolute Gasteiger partial charge is 0.506 e. The first-order valence-corrected chi connectivity index (χ1v) is 11.7. The van der Waals surface area contributed by atoms with Gasteiger partial charge in [0.25, 0.3) is 0 Å². The molecular formula is C23H26N2O5S. The number of ether oxygens (including phenoxy) is 1. The lowest BCUT2D eigenvalue weighted by molar-refractivity contribution is 0.172. The molecule has 0 amide bonds. The zero-order valence-electron chi connectivity index (χ0n) is 17.2. The summed E-state index contributed by atoms with van der Waals surface area (Å²) in [6, 6.07) is 22.2. The Bertz CT molecular complexity index is 1090. The second kappa shape index (κ2) is 10.3. The molecule has 0 aromatic heterocycles. The van der Waals surface area contributed by atoms with Crippen LogP contribution in [0.15, 0.2) is 72.8 Å². The van der Waals surface area contributed by atoms with Crippen LogP contribution in [0.3, 0.4) is 0 Å². The summed E-state index contributed by atoms with van der Waals surface area (Å²) in [6.07, 6.45) is 0.123. The van der Waals surface area contributed by atoms with Gasteiger partial charge in [0, 0.05) is 13.1 Å². The molecule has 31 heavy (non-hydrogen) atoms. The van der Waals surface area contributed by atoms with Gasteiger partial charge in [0.05, 0.1) is 18.0 Å². The number of sulfonamides is 1. The first kappa shape index (κ1) is 22.6. The fourth-order valence-corrected chi connectivity index (χ4v) is 3.58. The number of rotatable bonds is 10. The Hall–Kier alpha value is -3.07. The summed E-state index contributed by atoms with van der Waals surface area (Å²) in [5.74, 6) is 0.554. The van der Waals surface area contributed by atoms with Crippen LogP contribution in [0.25, 0.3) is 11.1 Å². The molecule has 0 bridgehead atoms. The minimum Gasteiger partial charge on any atom is -0.506 e. The number of hydrogen-bond acceptors (Lipinski definition) is 6. The van der Waals surface area contributed by atoms with Crippen molar-refractivity contribution < 1.29 is 23.4 Å². The topological polar surface area (TPSA) is 108 Å². The minimum absolute atomic E-state index is 0.0290. The molecule has 0 saturated carbocycles. The molecule has 0 aliphatic carbocycles. The summed E-state index contributed by atoms with van der Waals surface area (Å²) >= 11 is 0. The van der Waals surface area contributed by atoms with Crippen LogP contribution in [0.1, 0.15) is 11.7 Å². The van der Waals surface area contributed by atoms with Gasteiger partial charge in [0.2, 0.25) is 10.0 Å². The van der Waals surface area contributed by atoms with E-state index in [2.05, 4.69) is 22.2 Å². The van der Waals surface area contributed by atoms with E-state index < -0.39 is 16.1 Å².